The smallest absolute Gasteiger partial charge is 0.256 e. The molecular formula is C25H24FN3O2. The standard InChI is InChI=1S/C25H24FN3O2/c26-22-8-2-1-6-20(22)24(31)28-13-4-10-25(16-28)11-14-29(17-25)23(30)19-7-3-5-18-9-12-27-15-21(18)19/h1-3,5-9,12,15H,4,10-11,13-14,16-17H2. The van der Waals surface area contributed by atoms with Gasteiger partial charge in [0, 0.05) is 54.9 Å². The monoisotopic (exact) mass is 417 g/mol. The number of piperidine rings is 1. The fourth-order valence-electron chi connectivity index (χ4n) is 5.10. The molecule has 2 saturated heterocycles. The topological polar surface area (TPSA) is 53.5 Å². The summed E-state index contributed by atoms with van der Waals surface area (Å²) in [7, 11) is 0. The van der Waals surface area contributed by atoms with E-state index >= 15 is 0 Å². The summed E-state index contributed by atoms with van der Waals surface area (Å²) in [4.78, 5) is 34.1. The Hall–Kier alpha value is -3.28. The summed E-state index contributed by atoms with van der Waals surface area (Å²) in [5.74, 6) is -0.741. The van der Waals surface area contributed by atoms with Crippen LogP contribution in [-0.4, -0.2) is 52.8 Å². The second kappa shape index (κ2) is 7.76. The number of likely N-dealkylation sites (tertiary alicyclic amines) is 2. The van der Waals surface area contributed by atoms with Crippen molar-refractivity contribution < 1.29 is 14.0 Å². The molecular weight excluding hydrogens is 393 g/mol. The highest BCUT2D eigenvalue weighted by Gasteiger charge is 2.44. The van der Waals surface area contributed by atoms with Crippen molar-refractivity contribution in [2.75, 3.05) is 26.2 Å². The fourth-order valence-corrected chi connectivity index (χ4v) is 5.10. The van der Waals surface area contributed by atoms with Crippen molar-refractivity contribution in [3.05, 3.63) is 77.9 Å². The molecule has 2 amide bonds. The zero-order valence-corrected chi connectivity index (χ0v) is 17.3. The van der Waals surface area contributed by atoms with E-state index in [1.54, 1.807) is 29.4 Å². The number of pyridine rings is 1. The number of nitrogens with zero attached hydrogens (tertiary/aromatic N) is 3. The van der Waals surface area contributed by atoms with Crippen molar-refractivity contribution in [3.8, 4) is 0 Å². The van der Waals surface area contributed by atoms with Crippen molar-refractivity contribution in [2.24, 2.45) is 5.41 Å². The number of fused-ring (bicyclic) bond motifs is 1. The van der Waals surface area contributed by atoms with Crippen LogP contribution in [0.1, 0.15) is 40.0 Å². The molecule has 0 saturated carbocycles. The molecule has 2 aromatic carbocycles. The molecule has 1 unspecified atom stereocenters. The minimum atomic E-state index is -0.486. The molecule has 5 nitrogen and oxygen atoms in total. The number of hydrogen-bond donors (Lipinski definition) is 0. The maximum absolute atomic E-state index is 14.1. The Morgan fingerprint density at radius 3 is 2.45 bits per heavy atom. The van der Waals surface area contributed by atoms with Gasteiger partial charge in [0.2, 0.25) is 0 Å². The number of halogens is 1. The highest BCUT2D eigenvalue weighted by Crippen LogP contribution is 2.40. The predicted molar refractivity (Wildman–Crippen MR) is 116 cm³/mol. The van der Waals surface area contributed by atoms with Gasteiger partial charge in [0.1, 0.15) is 5.82 Å². The highest BCUT2D eigenvalue weighted by molar-refractivity contribution is 6.06. The number of amides is 2. The number of carbonyl (C=O) groups excluding carboxylic acids is 2. The third-order valence-electron chi connectivity index (χ3n) is 6.69. The van der Waals surface area contributed by atoms with Gasteiger partial charge in [-0.2, -0.15) is 0 Å². The van der Waals surface area contributed by atoms with Gasteiger partial charge in [-0.1, -0.05) is 24.3 Å². The van der Waals surface area contributed by atoms with E-state index < -0.39 is 5.82 Å². The molecule has 0 radical (unpaired) electrons. The number of aromatic nitrogens is 1. The first kappa shape index (κ1) is 19.7. The van der Waals surface area contributed by atoms with E-state index in [0.717, 1.165) is 30.0 Å². The highest BCUT2D eigenvalue weighted by atomic mass is 19.1. The van der Waals surface area contributed by atoms with E-state index in [-0.39, 0.29) is 22.8 Å². The quantitative estimate of drug-likeness (QED) is 0.630. The second-order valence-corrected chi connectivity index (χ2v) is 8.69. The van der Waals surface area contributed by atoms with E-state index in [1.807, 2.05) is 29.2 Å². The Labute approximate surface area is 180 Å². The lowest BCUT2D eigenvalue weighted by atomic mass is 9.79. The first-order valence-electron chi connectivity index (χ1n) is 10.7. The fraction of sp³-hybridized carbons (Fsp3) is 0.320. The lowest BCUT2D eigenvalue weighted by Crippen LogP contribution is -2.48. The van der Waals surface area contributed by atoms with E-state index in [1.165, 1.54) is 12.1 Å². The Morgan fingerprint density at radius 1 is 0.871 bits per heavy atom. The summed E-state index contributed by atoms with van der Waals surface area (Å²) in [5, 5.41) is 1.85. The zero-order chi connectivity index (χ0) is 21.4. The number of carbonyl (C=O) groups is 2. The molecule has 1 atom stereocenters. The van der Waals surface area contributed by atoms with Crippen molar-refractivity contribution in [3.63, 3.8) is 0 Å². The van der Waals surface area contributed by atoms with Crippen LogP contribution in [0.15, 0.2) is 60.9 Å². The summed E-state index contributed by atoms with van der Waals surface area (Å²) in [6, 6.07) is 13.8. The molecule has 158 valence electrons. The minimum Gasteiger partial charge on any atom is -0.338 e. The van der Waals surface area contributed by atoms with Crippen LogP contribution in [0.2, 0.25) is 0 Å². The Bertz CT molecular complexity index is 1160. The average molecular weight is 417 g/mol. The largest absolute Gasteiger partial charge is 0.338 e. The zero-order valence-electron chi connectivity index (χ0n) is 17.3. The van der Waals surface area contributed by atoms with Gasteiger partial charge in [-0.3, -0.25) is 14.6 Å². The van der Waals surface area contributed by atoms with E-state index in [2.05, 4.69) is 4.98 Å². The van der Waals surface area contributed by atoms with Gasteiger partial charge in [0.15, 0.2) is 0 Å². The molecule has 0 aliphatic carbocycles. The lowest BCUT2D eigenvalue weighted by molar-refractivity contribution is 0.0512. The van der Waals surface area contributed by atoms with Crippen molar-refractivity contribution in [2.45, 2.75) is 19.3 Å². The van der Waals surface area contributed by atoms with Gasteiger partial charge in [0.25, 0.3) is 11.8 Å². The number of rotatable bonds is 2. The van der Waals surface area contributed by atoms with Crippen molar-refractivity contribution >= 4 is 22.6 Å². The van der Waals surface area contributed by atoms with E-state index in [4.69, 9.17) is 0 Å². The van der Waals surface area contributed by atoms with Crippen LogP contribution < -0.4 is 0 Å². The molecule has 0 bridgehead atoms. The molecule has 6 heteroatoms. The molecule has 0 N–H and O–H groups in total. The van der Waals surface area contributed by atoms with Gasteiger partial charge in [-0.05, 0) is 48.9 Å². The van der Waals surface area contributed by atoms with Crippen LogP contribution in [-0.2, 0) is 0 Å². The summed E-state index contributed by atoms with van der Waals surface area (Å²) in [6.07, 6.45) is 6.15. The summed E-state index contributed by atoms with van der Waals surface area (Å²) >= 11 is 0. The van der Waals surface area contributed by atoms with Crippen LogP contribution in [0, 0.1) is 11.2 Å². The minimum absolute atomic E-state index is 0.00743. The predicted octanol–water partition coefficient (Wildman–Crippen LogP) is 4.14. The van der Waals surface area contributed by atoms with Crippen molar-refractivity contribution in [1.29, 1.82) is 0 Å². The maximum Gasteiger partial charge on any atom is 0.256 e. The molecule has 1 spiro atoms. The summed E-state index contributed by atoms with van der Waals surface area (Å²) in [6.45, 7) is 2.46. The molecule has 3 aromatic rings. The first-order chi connectivity index (χ1) is 15.1. The average Bonchev–Trinajstić information content (AvgIpc) is 3.21. The summed E-state index contributed by atoms with van der Waals surface area (Å²) in [5.41, 5.74) is 0.656. The van der Waals surface area contributed by atoms with Gasteiger partial charge in [-0.25, -0.2) is 4.39 Å². The van der Waals surface area contributed by atoms with Gasteiger partial charge in [0.05, 0.1) is 5.56 Å². The summed E-state index contributed by atoms with van der Waals surface area (Å²) < 4.78 is 14.1. The third-order valence-corrected chi connectivity index (χ3v) is 6.69. The molecule has 3 heterocycles. The molecule has 2 fully saturated rings. The van der Waals surface area contributed by atoms with E-state index in [9.17, 15) is 14.0 Å². The van der Waals surface area contributed by atoms with Crippen LogP contribution >= 0.6 is 0 Å². The molecule has 31 heavy (non-hydrogen) atoms. The van der Waals surface area contributed by atoms with Gasteiger partial charge >= 0.3 is 0 Å². The van der Waals surface area contributed by atoms with Gasteiger partial charge in [-0.15, -0.1) is 0 Å². The lowest BCUT2D eigenvalue weighted by Gasteiger charge is -2.40. The molecule has 2 aliphatic heterocycles. The van der Waals surface area contributed by atoms with Crippen molar-refractivity contribution in [1.82, 2.24) is 14.8 Å². The molecule has 5 rings (SSSR count). The van der Waals surface area contributed by atoms with E-state index in [0.29, 0.717) is 31.7 Å². The normalized spacial score (nSPS) is 21.1. The third kappa shape index (κ3) is 3.56. The molecule has 2 aliphatic rings. The Balaban J connectivity index is 1.35. The van der Waals surface area contributed by atoms with Gasteiger partial charge < -0.3 is 9.80 Å². The second-order valence-electron chi connectivity index (χ2n) is 8.69. The maximum atomic E-state index is 14.1. The number of benzene rings is 2. The van der Waals surface area contributed by atoms with Crippen LogP contribution in [0.3, 0.4) is 0 Å². The SMILES string of the molecule is O=C(c1ccccc1F)N1CCCC2(CCN(C(=O)c3cccc4ccncc34)C2)C1. The Morgan fingerprint density at radius 2 is 1.61 bits per heavy atom. The van der Waals surface area contributed by atoms with Crippen LogP contribution in [0.5, 0.6) is 0 Å². The molecule has 1 aromatic heterocycles. The first-order valence-corrected chi connectivity index (χ1v) is 10.7. The van der Waals surface area contributed by atoms with Crippen LogP contribution in [0.4, 0.5) is 4.39 Å². The van der Waals surface area contributed by atoms with Crippen LogP contribution in [0.25, 0.3) is 10.8 Å². The Kier molecular flexibility index (Phi) is 4.93. The number of hydrogen-bond acceptors (Lipinski definition) is 3.